The molecule has 31 heavy (non-hydrogen) atoms. The molecule has 1 heterocycles. The molecule has 0 fully saturated rings. The summed E-state index contributed by atoms with van der Waals surface area (Å²) in [4.78, 5) is 12.7. The quantitative estimate of drug-likeness (QED) is 0.409. The average molecular weight is 512 g/mol. The van der Waals surface area contributed by atoms with Gasteiger partial charge in [0.1, 0.15) is 12.0 Å². The van der Waals surface area contributed by atoms with Crippen LogP contribution in [0.25, 0.3) is 0 Å². The van der Waals surface area contributed by atoms with Crippen molar-refractivity contribution in [1.29, 1.82) is 0 Å². The van der Waals surface area contributed by atoms with E-state index in [1.807, 2.05) is 49.1 Å². The first-order valence-corrected chi connectivity index (χ1v) is 12.2. The second kappa shape index (κ2) is 9.00. The maximum atomic E-state index is 13.4. The van der Waals surface area contributed by atoms with Gasteiger partial charge in [-0.3, -0.25) is 0 Å². The van der Waals surface area contributed by atoms with Crippen LogP contribution in [0.1, 0.15) is 26.7 Å². The number of para-hydroxylation sites is 1. The third kappa shape index (κ3) is 4.77. The Bertz CT molecular complexity index is 1110. The molecular weight excluding hydrogens is 489 g/mol. The zero-order valence-corrected chi connectivity index (χ0v) is 19.5. The van der Waals surface area contributed by atoms with Crippen molar-refractivity contribution in [3.05, 3.63) is 59.0 Å². The predicted octanol–water partition coefficient (Wildman–Crippen LogP) is 5.46. The van der Waals surface area contributed by atoms with Crippen LogP contribution in [0.3, 0.4) is 0 Å². The van der Waals surface area contributed by atoms with Crippen molar-refractivity contribution < 1.29 is 27.4 Å². The third-order valence-electron chi connectivity index (χ3n) is 5.69. The maximum absolute atomic E-state index is 13.4. The van der Waals surface area contributed by atoms with Gasteiger partial charge in [-0.05, 0) is 47.0 Å². The molecule has 2 aromatic rings. The fourth-order valence-electron chi connectivity index (χ4n) is 3.70. The molecule has 1 aliphatic rings. The number of rotatable bonds is 6. The zero-order chi connectivity index (χ0) is 22.8. The molecule has 9 heteroatoms. The van der Waals surface area contributed by atoms with Crippen molar-refractivity contribution in [2.75, 3.05) is 17.2 Å². The number of sulfone groups is 1. The number of hydrogen-bond acceptors (Lipinski definition) is 5. The molecule has 0 aliphatic carbocycles. The molecule has 0 saturated heterocycles. The van der Waals surface area contributed by atoms with E-state index in [0.29, 0.717) is 35.8 Å². The summed E-state index contributed by atoms with van der Waals surface area (Å²) in [5.74, 6) is -3.30. The molecule has 0 amide bonds. The molecule has 0 radical (unpaired) electrons. The van der Waals surface area contributed by atoms with Crippen LogP contribution in [0.15, 0.2) is 63.9 Å². The van der Waals surface area contributed by atoms with Crippen molar-refractivity contribution in [1.82, 2.24) is 0 Å². The summed E-state index contributed by atoms with van der Waals surface area (Å²) in [7, 11) is -3.72. The molecule has 166 valence electrons. The summed E-state index contributed by atoms with van der Waals surface area (Å²) in [5, 5.41) is 8.68. The second-order valence-corrected chi connectivity index (χ2v) is 10.3. The summed E-state index contributed by atoms with van der Waals surface area (Å²) in [6, 6.07) is 12.4. The lowest BCUT2D eigenvalue weighted by molar-refractivity contribution is -0.134. The molecule has 0 saturated carbocycles. The molecular formula is C22H23BrFNO5S. The average Bonchev–Trinajstić information content (AvgIpc) is 2.84. The molecule has 0 aromatic heterocycles. The summed E-state index contributed by atoms with van der Waals surface area (Å²) in [6.07, 6.45) is 1.80. The Morgan fingerprint density at radius 1 is 1.26 bits per heavy atom. The minimum absolute atomic E-state index is 0.00670. The normalized spacial score (nSPS) is 17.5. The van der Waals surface area contributed by atoms with E-state index in [1.54, 1.807) is 6.07 Å². The van der Waals surface area contributed by atoms with Crippen LogP contribution in [-0.2, 0) is 14.6 Å². The van der Waals surface area contributed by atoms with Crippen molar-refractivity contribution in [2.24, 2.45) is 5.41 Å². The van der Waals surface area contributed by atoms with E-state index in [-0.39, 0.29) is 16.4 Å². The van der Waals surface area contributed by atoms with Crippen LogP contribution in [0.5, 0.6) is 5.75 Å². The van der Waals surface area contributed by atoms with E-state index in [0.717, 1.165) is 5.69 Å². The van der Waals surface area contributed by atoms with Crippen LogP contribution in [-0.4, -0.2) is 31.8 Å². The Morgan fingerprint density at radius 3 is 2.48 bits per heavy atom. The van der Waals surface area contributed by atoms with Gasteiger partial charge in [0.25, 0.3) is 0 Å². The van der Waals surface area contributed by atoms with Crippen molar-refractivity contribution >= 4 is 43.1 Å². The molecule has 0 atom stereocenters. The topological polar surface area (TPSA) is 83.9 Å². The van der Waals surface area contributed by atoms with E-state index < -0.39 is 27.0 Å². The highest BCUT2D eigenvalue weighted by Crippen LogP contribution is 2.46. The number of carboxylic acid groups (broad SMARTS) is 1. The van der Waals surface area contributed by atoms with Crippen molar-refractivity contribution in [2.45, 2.75) is 31.6 Å². The molecule has 0 bridgehead atoms. The number of anilines is 2. The molecule has 6 nitrogen and oxygen atoms in total. The van der Waals surface area contributed by atoms with Gasteiger partial charge in [0.15, 0.2) is 9.84 Å². The first kappa shape index (κ1) is 23.3. The first-order valence-electron chi connectivity index (χ1n) is 9.77. The van der Waals surface area contributed by atoms with E-state index in [1.165, 1.54) is 6.07 Å². The second-order valence-electron chi connectivity index (χ2n) is 7.53. The predicted molar refractivity (Wildman–Crippen MR) is 120 cm³/mol. The van der Waals surface area contributed by atoms with E-state index >= 15 is 0 Å². The van der Waals surface area contributed by atoms with Gasteiger partial charge in [0.05, 0.1) is 20.8 Å². The summed E-state index contributed by atoms with van der Waals surface area (Å²) in [5.41, 5.74) is 0.873. The highest BCUT2D eigenvalue weighted by atomic mass is 79.9. The molecule has 2 aromatic carbocycles. The zero-order valence-electron chi connectivity index (χ0n) is 17.1. The Balaban J connectivity index is 2.22. The highest BCUT2D eigenvalue weighted by Gasteiger charge is 2.41. The SMILES string of the molecule is CCC1(CC)CN(c2ccccc2)c2cc(Br)c(O/C=C(\F)C(=O)O)cc2S(=O)(=O)C1. The fraction of sp³-hybridized carbons (Fsp3) is 0.318. The number of nitrogens with zero attached hydrogens (tertiary/aromatic N) is 1. The minimum atomic E-state index is -3.72. The minimum Gasteiger partial charge on any atom is -0.476 e. The Labute approximate surface area is 189 Å². The van der Waals surface area contributed by atoms with Crippen LogP contribution in [0.2, 0.25) is 0 Å². The standard InChI is InChI=1S/C22H23BrFNO5S/c1-3-22(4-2)13-25(15-8-6-5-7-9-15)18-10-16(23)19(30-12-17(24)21(26)27)11-20(18)31(28,29)14-22/h5-12H,3-4,13-14H2,1-2H3,(H,26,27)/b17-12-. The lowest BCUT2D eigenvalue weighted by Crippen LogP contribution is -2.37. The van der Waals surface area contributed by atoms with E-state index in [2.05, 4.69) is 15.9 Å². The Kier molecular flexibility index (Phi) is 6.76. The summed E-state index contributed by atoms with van der Waals surface area (Å²) >= 11 is 3.34. The van der Waals surface area contributed by atoms with Crippen LogP contribution < -0.4 is 9.64 Å². The van der Waals surface area contributed by atoms with Gasteiger partial charge < -0.3 is 14.7 Å². The number of ether oxygens (including phenoxy) is 1. The first-order chi connectivity index (χ1) is 14.6. The molecule has 0 spiro atoms. The molecule has 1 aliphatic heterocycles. The lowest BCUT2D eigenvalue weighted by Gasteiger charge is -2.35. The maximum Gasteiger partial charge on any atom is 0.368 e. The number of aliphatic carboxylic acids is 1. The number of fused-ring (bicyclic) bond motifs is 1. The molecule has 3 rings (SSSR count). The number of carboxylic acids is 1. The van der Waals surface area contributed by atoms with Gasteiger partial charge in [0, 0.05) is 23.7 Å². The number of carbonyl (C=O) groups is 1. The fourth-order valence-corrected chi connectivity index (χ4v) is 6.36. The van der Waals surface area contributed by atoms with Gasteiger partial charge in [0.2, 0.25) is 5.83 Å². The molecule has 1 N–H and O–H groups in total. The van der Waals surface area contributed by atoms with E-state index in [4.69, 9.17) is 9.84 Å². The summed E-state index contributed by atoms with van der Waals surface area (Å²) < 4.78 is 45.8. The van der Waals surface area contributed by atoms with Gasteiger partial charge in [-0.15, -0.1) is 0 Å². The number of benzene rings is 2. The van der Waals surface area contributed by atoms with Gasteiger partial charge in [-0.25, -0.2) is 13.2 Å². The Hall–Kier alpha value is -2.39. The van der Waals surface area contributed by atoms with Gasteiger partial charge in [-0.2, -0.15) is 4.39 Å². The van der Waals surface area contributed by atoms with Crippen LogP contribution >= 0.6 is 15.9 Å². The number of halogens is 2. The lowest BCUT2D eigenvalue weighted by atomic mass is 9.83. The largest absolute Gasteiger partial charge is 0.476 e. The van der Waals surface area contributed by atoms with E-state index in [9.17, 15) is 17.6 Å². The van der Waals surface area contributed by atoms with Crippen LogP contribution in [0, 0.1) is 5.41 Å². The molecule has 0 unspecified atom stereocenters. The smallest absolute Gasteiger partial charge is 0.368 e. The van der Waals surface area contributed by atoms with Gasteiger partial charge >= 0.3 is 5.97 Å². The third-order valence-corrected chi connectivity index (χ3v) is 8.30. The summed E-state index contributed by atoms with van der Waals surface area (Å²) in [6.45, 7) is 4.49. The highest BCUT2D eigenvalue weighted by molar-refractivity contribution is 9.10. The van der Waals surface area contributed by atoms with Gasteiger partial charge in [-0.1, -0.05) is 32.0 Å². The Morgan fingerprint density at radius 2 is 1.90 bits per heavy atom. The van der Waals surface area contributed by atoms with Crippen molar-refractivity contribution in [3.63, 3.8) is 0 Å². The number of hydrogen-bond donors (Lipinski definition) is 1. The van der Waals surface area contributed by atoms with Crippen LogP contribution in [0.4, 0.5) is 15.8 Å². The van der Waals surface area contributed by atoms with Crippen molar-refractivity contribution in [3.8, 4) is 5.75 Å². The monoisotopic (exact) mass is 511 g/mol.